The van der Waals surface area contributed by atoms with Gasteiger partial charge in [-0.1, -0.05) is 60.7 Å². The van der Waals surface area contributed by atoms with Crippen molar-refractivity contribution in [1.82, 2.24) is 4.98 Å². The van der Waals surface area contributed by atoms with Gasteiger partial charge in [-0.3, -0.25) is 4.79 Å². The number of benzene rings is 3. The number of carbonyl (C=O) groups is 1. The Morgan fingerprint density at radius 1 is 1.00 bits per heavy atom. The number of thiazole rings is 1. The number of methoxy groups -OCH3 is 1. The maximum absolute atomic E-state index is 14.0. The van der Waals surface area contributed by atoms with Gasteiger partial charge in [-0.2, -0.15) is 0 Å². The molecule has 0 fully saturated rings. The molecular weight excluding hydrogens is 399 g/mol. The second-order valence-corrected chi connectivity index (χ2v) is 7.49. The van der Waals surface area contributed by atoms with Gasteiger partial charge >= 0.3 is 0 Å². The highest BCUT2D eigenvalue weighted by Crippen LogP contribution is 2.30. The lowest BCUT2D eigenvalue weighted by molar-refractivity contribution is -0.116. The summed E-state index contributed by atoms with van der Waals surface area (Å²) in [6.45, 7) is 0. The molecule has 30 heavy (non-hydrogen) atoms. The zero-order valence-corrected chi connectivity index (χ0v) is 17.0. The van der Waals surface area contributed by atoms with Crippen LogP contribution in [-0.2, 0) is 4.79 Å². The Hall–Kier alpha value is -3.51. The number of rotatable bonds is 6. The molecule has 0 saturated carbocycles. The number of hydrogen-bond acceptors (Lipinski definition) is 4. The fourth-order valence-corrected chi connectivity index (χ4v) is 3.98. The van der Waals surface area contributed by atoms with Gasteiger partial charge in [0.1, 0.15) is 0 Å². The molecule has 0 atom stereocenters. The van der Waals surface area contributed by atoms with E-state index < -0.39 is 11.7 Å². The first-order chi connectivity index (χ1) is 14.7. The molecule has 4 aromatic rings. The zero-order chi connectivity index (χ0) is 20.9. The van der Waals surface area contributed by atoms with Crippen molar-refractivity contribution in [3.8, 4) is 17.0 Å². The maximum Gasteiger partial charge on any atom is 0.238 e. The molecule has 0 unspecified atom stereocenters. The zero-order valence-electron chi connectivity index (χ0n) is 16.2. The Morgan fingerprint density at radius 2 is 1.63 bits per heavy atom. The average molecular weight is 418 g/mol. The number of halogens is 1. The number of ether oxygens (including phenoxy) is 1. The standard InChI is InChI=1S/C24H19FN2O2S/c1-29-21-13-12-18(14-19(21)25)20-15-30-24(26-20)27-23(28)22(16-8-4-2-5-9-16)17-10-6-3-7-11-17/h2-15,22H,1H3,(H,26,27,28). The van der Waals surface area contributed by atoms with E-state index in [4.69, 9.17) is 4.74 Å². The fourth-order valence-electron chi connectivity index (χ4n) is 3.25. The topological polar surface area (TPSA) is 51.2 Å². The van der Waals surface area contributed by atoms with Crippen molar-refractivity contribution in [2.24, 2.45) is 0 Å². The quantitative estimate of drug-likeness (QED) is 0.435. The van der Waals surface area contributed by atoms with Crippen LogP contribution in [0.4, 0.5) is 9.52 Å². The molecule has 0 radical (unpaired) electrons. The molecule has 0 aliphatic heterocycles. The van der Waals surface area contributed by atoms with Gasteiger partial charge in [0.15, 0.2) is 16.7 Å². The molecule has 0 spiro atoms. The smallest absolute Gasteiger partial charge is 0.238 e. The summed E-state index contributed by atoms with van der Waals surface area (Å²) < 4.78 is 19.0. The number of amides is 1. The fraction of sp³-hybridized carbons (Fsp3) is 0.0833. The van der Waals surface area contributed by atoms with E-state index >= 15 is 0 Å². The van der Waals surface area contributed by atoms with E-state index in [-0.39, 0.29) is 11.7 Å². The average Bonchev–Trinajstić information content (AvgIpc) is 3.24. The van der Waals surface area contributed by atoms with Crippen LogP contribution in [-0.4, -0.2) is 18.0 Å². The Labute approximate surface area is 178 Å². The first kappa shape index (κ1) is 19.8. The second kappa shape index (κ2) is 8.88. The first-order valence-electron chi connectivity index (χ1n) is 9.36. The van der Waals surface area contributed by atoms with Crippen LogP contribution in [0.2, 0.25) is 0 Å². The normalized spacial score (nSPS) is 10.8. The number of nitrogens with one attached hydrogen (secondary N) is 1. The van der Waals surface area contributed by atoms with Crippen molar-refractivity contribution in [1.29, 1.82) is 0 Å². The molecule has 0 bridgehead atoms. The summed E-state index contributed by atoms with van der Waals surface area (Å²) >= 11 is 1.30. The Kier molecular flexibility index (Phi) is 5.86. The molecule has 1 heterocycles. The van der Waals surface area contributed by atoms with Gasteiger partial charge in [0, 0.05) is 10.9 Å². The molecule has 0 saturated heterocycles. The molecule has 1 aromatic heterocycles. The van der Waals surface area contributed by atoms with Crippen LogP contribution in [0, 0.1) is 5.82 Å². The first-order valence-corrected chi connectivity index (χ1v) is 10.2. The molecule has 150 valence electrons. The lowest BCUT2D eigenvalue weighted by Crippen LogP contribution is -2.22. The number of carbonyl (C=O) groups excluding carboxylic acids is 1. The largest absolute Gasteiger partial charge is 0.494 e. The Balaban J connectivity index is 1.59. The van der Waals surface area contributed by atoms with Crippen LogP contribution in [0.5, 0.6) is 5.75 Å². The summed E-state index contributed by atoms with van der Waals surface area (Å²) in [6, 6.07) is 23.9. The van der Waals surface area contributed by atoms with Crippen LogP contribution >= 0.6 is 11.3 Å². The number of hydrogen-bond donors (Lipinski definition) is 1. The minimum atomic E-state index is -0.460. The summed E-state index contributed by atoms with van der Waals surface area (Å²) in [7, 11) is 1.42. The summed E-state index contributed by atoms with van der Waals surface area (Å²) in [5, 5.41) is 5.17. The van der Waals surface area contributed by atoms with E-state index in [1.807, 2.05) is 60.7 Å². The molecule has 3 aromatic carbocycles. The molecule has 0 aliphatic rings. The van der Waals surface area contributed by atoms with E-state index in [0.29, 0.717) is 16.4 Å². The lowest BCUT2D eigenvalue weighted by atomic mass is 9.90. The van der Waals surface area contributed by atoms with E-state index in [9.17, 15) is 9.18 Å². The van der Waals surface area contributed by atoms with E-state index in [1.165, 1.54) is 24.5 Å². The van der Waals surface area contributed by atoms with Gasteiger partial charge in [0.2, 0.25) is 5.91 Å². The van der Waals surface area contributed by atoms with Crippen LogP contribution in [0.1, 0.15) is 17.0 Å². The molecule has 4 rings (SSSR count). The minimum Gasteiger partial charge on any atom is -0.494 e. The van der Waals surface area contributed by atoms with Gasteiger partial charge < -0.3 is 10.1 Å². The van der Waals surface area contributed by atoms with Crippen LogP contribution in [0.3, 0.4) is 0 Å². The van der Waals surface area contributed by atoms with E-state index in [2.05, 4.69) is 10.3 Å². The third kappa shape index (κ3) is 4.23. The van der Waals surface area contributed by atoms with Crippen LogP contribution in [0.15, 0.2) is 84.2 Å². The predicted octanol–water partition coefficient (Wildman–Crippen LogP) is 5.73. The Bertz CT molecular complexity index is 1110. The number of aromatic nitrogens is 1. The maximum atomic E-state index is 14.0. The summed E-state index contributed by atoms with van der Waals surface area (Å²) in [5.74, 6) is -0.912. The number of anilines is 1. The third-order valence-electron chi connectivity index (χ3n) is 4.71. The molecule has 1 amide bonds. The molecule has 1 N–H and O–H groups in total. The number of nitrogens with zero attached hydrogens (tertiary/aromatic N) is 1. The van der Waals surface area contributed by atoms with Crippen molar-refractivity contribution in [2.75, 3.05) is 12.4 Å². The van der Waals surface area contributed by atoms with Gasteiger partial charge in [-0.05, 0) is 29.3 Å². The van der Waals surface area contributed by atoms with E-state index in [0.717, 1.165) is 11.1 Å². The SMILES string of the molecule is COc1ccc(-c2csc(NC(=O)C(c3ccccc3)c3ccccc3)n2)cc1F. The lowest BCUT2D eigenvalue weighted by Gasteiger charge is -2.17. The van der Waals surface area contributed by atoms with Gasteiger partial charge in [-0.15, -0.1) is 11.3 Å². The molecule has 0 aliphatic carbocycles. The van der Waals surface area contributed by atoms with Gasteiger partial charge in [-0.25, -0.2) is 9.37 Å². The molecule has 6 heteroatoms. The van der Waals surface area contributed by atoms with Crippen molar-refractivity contribution in [3.05, 3.63) is 101 Å². The minimum absolute atomic E-state index is 0.172. The van der Waals surface area contributed by atoms with Gasteiger partial charge in [0.25, 0.3) is 0 Å². The Morgan fingerprint density at radius 3 is 2.20 bits per heavy atom. The summed E-state index contributed by atoms with van der Waals surface area (Å²) in [4.78, 5) is 17.6. The van der Waals surface area contributed by atoms with Crippen LogP contribution in [0.25, 0.3) is 11.3 Å². The molecule has 4 nitrogen and oxygen atoms in total. The van der Waals surface area contributed by atoms with Crippen molar-refractivity contribution < 1.29 is 13.9 Å². The predicted molar refractivity (Wildman–Crippen MR) is 117 cm³/mol. The third-order valence-corrected chi connectivity index (χ3v) is 5.47. The second-order valence-electron chi connectivity index (χ2n) is 6.63. The molecular formula is C24H19FN2O2S. The van der Waals surface area contributed by atoms with Crippen LogP contribution < -0.4 is 10.1 Å². The summed E-state index contributed by atoms with van der Waals surface area (Å²) in [6.07, 6.45) is 0. The van der Waals surface area contributed by atoms with Crippen molar-refractivity contribution >= 4 is 22.4 Å². The van der Waals surface area contributed by atoms with Gasteiger partial charge in [0.05, 0.1) is 18.7 Å². The highest BCUT2D eigenvalue weighted by molar-refractivity contribution is 7.14. The highest BCUT2D eigenvalue weighted by atomic mass is 32.1. The highest BCUT2D eigenvalue weighted by Gasteiger charge is 2.23. The summed E-state index contributed by atoms with van der Waals surface area (Å²) in [5.41, 5.74) is 3.01. The monoisotopic (exact) mass is 418 g/mol. The van der Waals surface area contributed by atoms with Crippen molar-refractivity contribution in [3.63, 3.8) is 0 Å². The van der Waals surface area contributed by atoms with E-state index in [1.54, 1.807) is 17.5 Å². The van der Waals surface area contributed by atoms with Crippen molar-refractivity contribution in [2.45, 2.75) is 5.92 Å².